The molecular weight excluding hydrogens is 428 g/mol. The van der Waals surface area contributed by atoms with Gasteiger partial charge in [0.25, 0.3) is 5.56 Å². The topological polar surface area (TPSA) is 97.0 Å². The molecule has 0 atom stereocenters. The molecule has 4 heterocycles. The zero-order chi connectivity index (χ0) is 22.7. The van der Waals surface area contributed by atoms with Gasteiger partial charge in [-0.25, -0.2) is 14.8 Å². The molecule has 3 aromatic heterocycles. The standard InChI is InChI=1S/C23H24N4O4S/c1-15(2)18-14-32-20(24-18)5-3-16-7-8-27-19(13-16)25-22(26-9-11-31-12-10-26)17(23(27)30)4-6-21(28)29/h3-8,13-15H,9-12H2,1-2H3,(H,28,29). The number of aromatic nitrogens is 3. The summed E-state index contributed by atoms with van der Waals surface area (Å²) in [6.07, 6.45) is 7.84. The Bertz CT molecular complexity index is 1250. The highest BCUT2D eigenvalue weighted by atomic mass is 32.1. The number of hydrogen-bond acceptors (Lipinski definition) is 7. The van der Waals surface area contributed by atoms with E-state index in [0.717, 1.165) is 22.3 Å². The van der Waals surface area contributed by atoms with Crippen LogP contribution in [0.2, 0.25) is 0 Å². The van der Waals surface area contributed by atoms with Crippen molar-refractivity contribution in [3.05, 3.63) is 62.0 Å². The maximum Gasteiger partial charge on any atom is 0.328 e. The average molecular weight is 453 g/mol. The van der Waals surface area contributed by atoms with Crippen LogP contribution in [-0.4, -0.2) is 51.7 Å². The van der Waals surface area contributed by atoms with Crippen LogP contribution >= 0.6 is 11.3 Å². The summed E-state index contributed by atoms with van der Waals surface area (Å²) in [7, 11) is 0. The Morgan fingerprint density at radius 3 is 2.69 bits per heavy atom. The summed E-state index contributed by atoms with van der Waals surface area (Å²) in [6.45, 7) is 6.44. The SMILES string of the molecule is CC(C)c1csc(C=Cc2ccn3c(=O)c(C=CC(=O)O)c(N4CCOCC4)nc3c2)n1. The number of carbonyl (C=O) groups is 1. The van der Waals surface area contributed by atoms with Crippen molar-refractivity contribution in [1.29, 1.82) is 0 Å². The van der Waals surface area contributed by atoms with Crippen molar-refractivity contribution in [3.63, 3.8) is 0 Å². The van der Waals surface area contributed by atoms with Crippen molar-refractivity contribution in [2.45, 2.75) is 19.8 Å². The maximum atomic E-state index is 13.2. The predicted octanol–water partition coefficient (Wildman–Crippen LogP) is 3.38. The number of rotatable bonds is 6. The molecule has 0 radical (unpaired) electrons. The zero-order valence-corrected chi connectivity index (χ0v) is 18.7. The fourth-order valence-electron chi connectivity index (χ4n) is 3.39. The first-order chi connectivity index (χ1) is 15.4. The van der Waals surface area contributed by atoms with E-state index in [-0.39, 0.29) is 11.1 Å². The molecule has 0 amide bonds. The highest BCUT2D eigenvalue weighted by Gasteiger charge is 2.19. The van der Waals surface area contributed by atoms with Gasteiger partial charge in [-0.05, 0) is 35.8 Å². The minimum absolute atomic E-state index is 0.249. The van der Waals surface area contributed by atoms with E-state index >= 15 is 0 Å². The number of thiazole rings is 1. The molecule has 8 nitrogen and oxygen atoms in total. The molecule has 1 fully saturated rings. The summed E-state index contributed by atoms with van der Waals surface area (Å²) in [5.41, 5.74) is 2.39. The average Bonchev–Trinajstić information content (AvgIpc) is 3.27. The highest BCUT2D eigenvalue weighted by molar-refractivity contribution is 7.10. The van der Waals surface area contributed by atoms with Gasteiger partial charge in [-0.2, -0.15) is 0 Å². The number of hydrogen-bond donors (Lipinski definition) is 1. The Labute approximate surface area is 189 Å². The normalized spacial score (nSPS) is 14.9. The van der Waals surface area contributed by atoms with Gasteiger partial charge < -0.3 is 14.7 Å². The van der Waals surface area contributed by atoms with Gasteiger partial charge in [-0.15, -0.1) is 11.3 Å². The van der Waals surface area contributed by atoms with Gasteiger partial charge in [0, 0.05) is 30.7 Å². The summed E-state index contributed by atoms with van der Waals surface area (Å²) in [5.74, 6) is -0.266. The van der Waals surface area contributed by atoms with Crippen LogP contribution in [0.15, 0.2) is 34.6 Å². The molecule has 0 spiro atoms. The lowest BCUT2D eigenvalue weighted by Gasteiger charge is -2.29. The quantitative estimate of drug-likeness (QED) is 0.573. The fourth-order valence-corrected chi connectivity index (χ4v) is 4.26. The van der Waals surface area contributed by atoms with Crippen molar-refractivity contribution < 1.29 is 14.6 Å². The molecule has 9 heteroatoms. The van der Waals surface area contributed by atoms with Crippen LogP contribution in [-0.2, 0) is 9.53 Å². The number of nitrogens with zero attached hydrogens (tertiary/aromatic N) is 4. The van der Waals surface area contributed by atoms with Gasteiger partial charge in [-0.1, -0.05) is 19.9 Å². The minimum atomic E-state index is -1.12. The van der Waals surface area contributed by atoms with Crippen molar-refractivity contribution in [2.75, 3.05) is 31.2 Å². The third-order valence-corrected chi connectivity index (χ3v) is 5.95. The van der Waals surface area contributed by atoms with Crippen LogP contribution < -0.4 is 10.5 Å². The van der Waals surface area contributed by atoms with E-state index in [1.165, 1.54) is 10.5 Å². The van der Waals surface area contributed by atoms with E-state index < -0.39 is 5.97 Å². The smallest absolute Gasteiger partial charge is 0.328 e. The van der Waals surface area contributed by atoms with E-state index in [2.05, 4.69) is 24.2 Å². The molecule has 0 saturated carbocycles. The van der Waals surface area contributed by atoms with Crippen LogP contribution in [0, 0.1) is 0 Å². The second-order valence-electron chi connectivity index (χ2n) is 7.71. The zero-order valence-electron chi connectivity index (χ0n) is 17.9. The molecule has 0 aromatic carbocycles. The molecule has 1 aliphatic heterocycles. The van der Waals surface area contributed by atoms with Crippen molar-refractivity contribution in [1.82, 2.24) is 14.4 Å². The molecule has 166 valence electrons. The van der Waals surface area contributed by atoms with Gasteiger partial charge in [0.15, 0.2) is 0 Å². The van der Waals surface area contributed by atoms with Gasteiger partial charge in [0.1, 0.15) is 16.5 Å². The first-order valence-corrected chi connectivity index (χ1v) is 11.2. The van der Waals surface area contributed by atoms with Gasteiger partial charge in [-0.3, -0.25) is 9.20 Å². The van der Waals surface area contributed by atoms with Crippen LogP contribution in [0.25, 0.3) is 23.9 Å². The van der Waals surface area contributed by atoms with Gasteiger partial charge >= 0.3 is 5.97 Å². The van der Waals surface area contributed by atoms with Crippen molar-refractivity contribution in [3.8, 4) is 0 Å². The number of anilines is 1. The number of fused-ring (bicyclic) bond motifs is 1. The maximum absolute atomic E-state index is 13.2. The largest absolute Gasteiger partial charge is 0.478 e. The monoisotopic (exact) mass is 452 g/mol. The molecule has 0 bridgehead atoms. The number of aliphatic carboxylic acids is 1. The Morgan fingerprint density at radius 2 is 2.00 bits per heavy atom. The number of ether oxygens (including phenoxy) is 1. The third kappa shape index (κ3) is 4.79. The summed E-state index contributed by atoms with van der Waals surface area (Å²) in [6, 6.07) is 3.66. The molecule has 1 N–H and O–H groups in total. The van der Waals surface area contributed by atoms with Crippen LogP contribution in [0.3, 0.4) is 0 Å². The number of carboxylic acids is 1. The van der Waals surface area contributed by atoms with Crippen molar-refractivity contribution in [2.24, 2.45) is 0 Å². The Hall–Kier alpha value is -3.30. The second kappa shape index (κ2) is 9.46. The predicted molar refractivity (Wildman–Crippen MR) is 126 cm³/mol. The minimum Gasteiger partial charge on any atom is -0.478 e. The summed E-state index contributed by atoms with van der Waals surface area (Å²) >= 11 is 1.59. The van der Waals surface area contributed by atoms with E-state index in [4.69, 9.17) is 14.8 Å². The van der Waals surface area contributed by atoms with Crippen LogP contribution in [0.4, 0.5) is 5.82 Å². The number of pyridine rings is 1. The molecule has 32 heavy (non-hydrogen) atoms. The molecular formula is C23H24N4O4S. The molecule has 1 saturated heterocycles. The lowest BCUT2D eigenvalue weighted by atomic mass is 10.2. The first kappa shape index (κ1) is 21.9. The lowest BCUT2D eigenvalue weighted by molar-refractivity contribution is -0.131. The Balaban J connectivity index is 1.74. The number of carboxylic acid groups (broad SMARTS) is 1. The Kier molecular flexibility index (Phi) is 6.48. The van der Waals surface area contributed by atoms with Gasteiger partial charge in [0.05, 0.1) is 24.5 Å². The molecule has 1 aliphatic rings. The summed E-state index contributed by atoms with van der Waals surface area (Å²) in [5, 5.41) is 12.0. The van der Waals surface area contributed by atoms with E-state index in [0.29, 0.717) is 43.7 Å². The third-order valence-electron chi connectivity index (χ3n) is 5.12. The fraction of sp³-hybridized carbons (Fsp3) is 0.304. The Morgan fingerprint density at radius 1 is 1.22 bits per heavy atom. The molecule has 3 aromatic rings. The molecule has 4 rings (SSSR count). The van der Waals surface area contributed by atoms with Crippen LogP contribution in [0.1, 0.15) is 41.6 Å². The molecule has 0 unspecified atom stereocenters. The van der Waals surface area contributed by atoms with E-state index in [9.17, 15) is 9.59 Å². The van der Waals surface area contributed by atoms with E-state index in [1.807, 2.05) is 29.2 Å². The first-order valence-electron chi connectivity index (χ1n) is 10.4. The second-order valence-corrected chi connectivity index (χ2v) is 8.60. The summed E-state index contributed by atoms with van der Waals surface area (Å²) < 4.78 is 6.84. The van der Waals surface area contributed by atoms with Gasteiger partial charge in [0.2, 0.25) is 0 Å². The van der Waals surface area contributed by atoms with Crippen LogP contribution in [0.5, 0.6) is 0 Å². The lowest BCUT2D eigenvalue weighted by Crippen LogP contribution is -2.38. The summed E-state index contributed by atoms with van der Waals surface area (Å²) in [4.78, 5) is 35.5. The molecule has 0 aliphatic carbocycles. The van der Waals surface area contributed by atoms with E-state index in [1.54, 1.807) is 17.5 Å². The van der Waals surface area contributed by atoms with Crippen molar-refractivity contribution >= 4 is 47.0 Å². The highest BCUT2D eigenvalue weighted by Crippen LogP contribution is 2.22. The number of morpholine rings is 1.